The van der Waals surface area contributed by atoms with E-state index in [0.717, 1.165) is 19.3 Å². The quantitative estimate of drug-likeness (QED) is 0.538. The minimum Gasteiger partial charge on any atom is -0.344 e. The van der Waals surface area contributed by atoms with Crippen LogP contribution in [0.5, 0.6) is 0 Å². The largest absolute Gasteiger partial charge is 0.344 e. The van der Waals surface area contributed by atoms with Gasteiger partial charge in [0.15, 0.2) is 0 Å². The van der Waals surface area contributed by atoms with Crippen molar-refractivity contribution in [3.63, 3.8) is 0 Å². The molecule has 1 heterocycles. The van der Waals surface area contributed by atoms with Gasteiger partial charge in [0.05, 0.1) is 0 Å². The number of likely N-dealkylation sites (tertiary alicyclic amines) is 1. The molecule has 0 aromatic carbocycles. The van der Waals surface area contributed by atoms with Crippen LogP contribution in [0, 0.1) is 0 Å². The molecule has 1 unspecified atom stereocenters. The summed E-state index contributed by atoms with van der Waals surface area (Å²) in [5.41, 5.74) is 0. The predicted molar refractivity (Wildman–Crippen MR) is 58.2 cm³/mol. The van der Waals surface area contributed by atoms with Gasteiger partial charge in [-0.1, -0.05) is 6.08 Å². The van der Waals surface area contributed by atoms with Gasteiger partial charge in [0.25, 0.3) is 0 Å². The molecule has 0 bridgehead atoms. The van der Waals surface area contributed by atoms with Crippen molar-refractivity contribution < 1.29 is 9.59 Å². The van der Waals surface area contributed by atoms with Gasteiger partial charge in [-0.05, 0) is 26.2 Å². The summed E-state index contributed by atoms with van der Waals surface area (Å²) in [6.45, 7) is 6.50. The van der Waals surface area contributed by atoms with E-state index in [-0.39, 0.29) is 6.04 Å². The van der Waals surface area contributed by atoms with E-state index >= 15 is 0 Å². The van der Waals surface area contributed by atoms with Crippen LogP contribution < -0.4 is 5.32 Å². The van der Waals surface area contributed by atoms with Gasteiger partial charge in [-0.2, -0.15) is 0 Å². The molecule has 2 amide bonds. The lowest BCUT2D eigenvalue weighted by Gasteiger charge is -2.32. The van der Waals surface area contributed by atoms with E-state index in [0.29, 0.717) is 13.1 Å². The smallest absolute Gasteiger partial charge is 0.312 e. The molecular weight excluding hydrogens is 192 g/mol. The lowest BCUT2D eigenvalue weighted by atomic mass is 10.0. The molecule has 15 heavy (non-hydrogen) atoms. The number of carbonyl (C=O) groups excluding carboxylic acids is 2. The minimum absolute atomic E-state index is 0.181. The van der Waals surface area contributed by atoms with E-state index in [1.807, 2.05) is 6.92 Å². The number of hydrogen-bond donors (Lipinski definition) is 1. The highest BCUT2D eigenvalue weighted by molar-refractivity contribution is 6.35. The number of hydrogen-bond acceptors (Lipinski definition) is 2. The molecule has 1 N–H and O–H groups in total. The summed E-state index contributed by atoms with van der Waals surface area (Å²) < 4.78 is 0. The van der Waals surface area contributed by atoms with Gasteiger partial charge < -0.3 is 10.2 Å². The lowest BCUT2D eigenvalue weighted by Crippen LogP contribution is -2.49. The van der Waals surface area contributed by atoms with Crippen molar-refractivity contribution in [1.82, 2.24) is 10.2 Å². The van der Waals surface area contributed by atoms with E-state index in [1.54, 1.807) is 11.0 Å². The Hall–Kier alpha value is -1.32. The zero-order chi connectivity index (χ0) is 11.3. The van der Waals surface area contributed by atoms with E-state index in [9.17, 15) is 9.59 Å². The van der Waals surface area contributed by atoms with Gasteiger partial charge in [-0.25, -0.2) is 0 Å². The van der Waals surface area contributed by atoms with Crippen LogP contribution in [0.25, 0.3) is 0 Å². The highest BCUT2D eigenvalue weighted by Gasteiger charge is 2.27. The third-order valence-electron chi connectivity index (χ3n) is 2.67. The van der Waals surface area contributed by atoms with Crippen molar-refractivity contribution in [3.05, 3.63) is 12.7 Å². The summed E-state index contributed by atoms with van der Waals surface area (Å²) in [5, 5.41) is 2.50. The third-order valence-corrected chi connectivity index (χ3v) is 2.67. The highest BCUT2D eigenvalue weighted by Crippen LogP contribution is 2.16. The van der Waals surface area contributed by atoms with Crippen LogP contribution in [-0.2, 0) is 9.59 Å². The summed E-state index contributed by atoms with van der Waals surface area (Å²) in [5.74, 6) is -0.937. The average Bonchev–Trinajstić information content (AvgIpc) is 2.25. The predicted octanol–water partition coefficient (Wildman–Crippen LogP) is 0.690. The molecule has 84 valence electrons. The molecule has 1 fully saturated rings. The fourth-order valence-electron chi connectivity index (χ4n) is 1.77. The first-order valence-corrected chi connectivity index (χ1v) is 5.36. The van der Waals surface area contributed by atoms with Gasteiger partial charge in [0.1, 0.15) is 0 Å². The summed E-state index contributed by atoms with van der Waals surface area (Å²) in [6.07, 6.45) is 4.68. The summed E-state index contributed by atoms with van der Waals surface area (Å²) >= 11 is 0. The van der Waals surface area contributed by atoms with Crippen LogP contribution in [-0.4, -0.2) is 35.8 Å². The fourth-order valence-corrected chi connectivity index (χ4v) is 1.77. The SMILES string of the molecule is C=CCNC(=O)C(=O)N1CCCCC1C. The zero-order valence-electron chi connectivity index (χ0n) is 9.16. The van der Waals surface area contributed by atoms with E-state index in [4.69, 9.17) is 0 Å². The van der Waals surface area contributed by atoms with Crippen molar-refractivity contribution in [2.45, 2.75) is 32.2 Å². The van der Waals surface area contributed by atoms with Crippen LogP contribution in [0.15, 0.2) is 12.7 Å². The first-order valence-electron chi connectivity index (χ1n) is 5.36. The topological polar surface area (TPSA) is 49.4 Å². The second kappa shape index (κ2) is 5.53. The highest BCUT2D eigenvalue weighted by atomic mass is 16.2. The van der Waals surface area contributed by atoms with Crippen LogP contribution >= 0.6 is 0 Å². The number of piperidine rings is 1. The first-order chi connectivity index (χ1) is 7.16. The molecule has 4 heteroatoms. The lowest BCUT2D eigenvalue weighted by molar-refractivity contribution is -0.147. The number of amides is 2. The maximum atomic E-state index is 11.7. The van der Waals surface area contributed by atoms with Gasteiger partial charge in [0.2, 0.25) is 0 Å². The summed E-state index contributed by atoms with van der Waals surface area (Å²) in [4.78, 5) is 24.7. The molecule has 0 spiro atoms. The first kappa shape index (κ1) is 11.8. The van der Waals surface area contributed by atoms with Crippen molar-refractivity contribution in [1.29, 1.82) is 0 Å². The normalized spacial score (nSPS) is 20.9. The van der Waals surface area contributed by atoms with Gasteiger partial charge >= 0.3 is 11.8 Å². The number of rotatable bonds is 2. The number of carbonyl (C=O) groups is 2. The molecule has 0 saturated carbocycles. The van der Waals surface area contributed by atoms with Gasteiger partial charge in [0, 0.05) is 19.1 Å². The Balaban J connectivity index is 2.50. The molecule has 1 aliphatic heterocycles. The molecule has 0 aliphatic carbocycles. The standard InChI is InChI=1S/C11H18N2O2/c1-3-7-12-10(14)11(15)13-8-5-4-6-9(13)2/h3,9H,1,4-8H2,2H3,(H,12,14). The van der Waals surface area contributed by atoms with E-state index < -0.39 is 11.8 Å². The summed E-state index contributed by atoms with van der Waals surface area (Å²) in [6, 6.07) is 0.181. The second-order valence-corrected chi connectivity index (χ2v) is 3.84. The minimum atomic E-state index is -0.524. The van der Waals surface area contributed by atoms with Crippen LogP contribution in [0.2, 0.25) is 0 Å². The number of nitrogens with zero attached hydrogens (tertiary/aromatic N) is 1. The second-order valence-electron chi connectivity index (χ2n) is 3.84. The molecule has 1 saturated heterocycles. The van der Waals surface area contributed by atoms with Crippen LogP contribution in [0.1, 0.15) is 26.2 Å². The Bertz CT molecular complexity index is 263. The Morgan fingerprint density at radius 3 is 2.87 bits per heavy atom. The molecular formula is C11H18N2O2. The average molecular weight is 210 g/mol. The van der Waals surface area contributed by atoms with Crippen molar-refractivity contribution >= 4 is 11.8 Å². The maximum absolute atomic E-state index is 11.7. The monoisotopic (exact) mass is 210 g/mol. The van der Waals surface area contributed by atoms with E-state index in [1.165, 1.54) is 0 Å². The van der Waals surface area contributed by atoms with Crippen molar-refractivity contribution in [3.8, 4) is 0 Å². The Morgan fingerprint density at radius 1 is 1.53 bits per heavy atom. The third kappa shape index (κ3) is 3.08. The molecule has 4 nitrogen and oxygen atoms in total. The Labute approximate surface area is 90.3 Å². The summed E-state index contributed by atoms with van der Waals surface area (Å²) in [7, 11) is 0. The number of nitrogens with one attached hydrogen (secondary N) is 1. The molecule has 1 atom stereocenters. The Morgan fingerprint density at radius 2 is 2.27 bits per heavy atom. The molecule has 1 aliphatic rings. The maximum Gasteiger partial charge on any atom is 0.312 e. The molecule has 0 aromatic rings. The van der Waals surface area contributed by atoms with Gasteiger partial charge in [-0.3, -0.25) is 9.59 Å². The van der Waals surface area contributed by atoms with Crippen LogP contribution in [0.4, 0.5) is 0 Å². The van der Waals surface area contributed by atoms with Gasteiger partial charge in [-0.15, -0.1) is 6.58 Å². The van der Waals surface area contributed by atoms with Crippen molar-refractivity contribution in [2.24, 2.45) is 0 Å². The Kier molecular flexibility index (Phi) is 4.34. The zero-order valence-corrected chi connectivity index (χ0v) is 9.16. The fraction of sp³-hybridized carbons (Fsp3) is 0.636. The van der Waals surface area contributed by atoms with E-state index in [2.05, 4.69) is 11.9 Å². The molecule has 1 rings (SSSR count). The van der Waals surface area contributed by atoms with Crippen molar-refractivity contribution in [2.75, 3.05) is 13.1 Å². The van der Waals surface area contributed by atoms with Crippen LogP contribution in [0.3, 0.4) is 0 Å². The molecule has 0 aromatic heterocycles. The molecule has 0 radical (unpaired) electrons.